The number of hydroxylamine groups is 1. The van der Waals surface area contributed by atoms with Crippen LogP contribution in [-0.4, -0.2) is 29.7 Å². The van der Waals surface area contributed by atoms with Crippen LogP contribution in [0.2, 0.25) is 0 Å². The van der Waals surface area contributed by atoms with E-state index in [1.165, 1.54) is 0 Å². The zero-order valence-corrected chi connectivity index (χ0v) is 16.0. The maximum atomic E-state index is 12.1. The predicted octanol–water partition coefficient (Wildman–Crippen LogP) is 3.75. The topological polar surface area (TPSA) is 77.8 Å². The van der Waals surface area contributed by atoms with Crippen molar-refractivity contribution < 1.29 is 18.7 Å². The van der Waals surface area contributed by atoms with Crippen LogP contribution in [0.5, 0.6) is 5.75 Å². The fourth-order valence-corrected chi connectivity index (χ4v) is 4.04. The van der Waals surface area contributed by atoms with Crippen molar-refractivity contribution in [2.45, 2.75) is 58.8 Å². The Hall–Kier alpha value is -1.37. The van der Waals surface area contributed by atoms with Crippen LogP contribution in [0.25, 0.3) is 6.08 Å². The second-order valence-corrected chi connectivity index (χ2v) is 10.3. The van der Waals surface area contributed by atoms with Gasteiger partial charge in [-0.1, -0.05) is 46.0 Å². The number of nitrogens with zero attached hydrogens (tertiary/aromatic N) is 1. The summed E-state index contributed by atoms with van der Waals surface area (Å²) in [5.74, 6) is 0.259. The van der Waals surface area contributed by atoms with Crippen LogP contribution in [0.1, 0.15) is 64.7 Å². The van der Waals surface area contributed by atoms with E-state index in [2.05, 4.69) is 0 Å². The summed E-state index contributed by atoms with van der Waals surface area (Å²) in [5.41, 5.74) is 1.71. The Labute approximate surface area is 144 Å². The zero-order chi connectivity index (χ0) is 18.5. The van der Waals surface area contributed by atoms with E-state index in [1.807, 2.05) is 53.7 Å². The molecule has 134 valence electrons. The van der Waals surface area contributed by atoms with E-state index in [9.17, 15) is 18.7 Å². The molecule has 1 aromatic carbocycles. The van der Waals surface area contributed by atoms with Gasteiger partial charge >= 0.3 is 0 Å². The smallest absolute Gasteiger partial charge is 0.261 e. The third-order valence-electron chi connectivity index (χ3n) is 4.23. The molecule has 1 aliphatic rings. The second-order valence-electron chi connectivity index (χ2n) is 8.38. The fourth-order valence-electron chi connectivity index (χ4n) is 2.81. The first-order chi connectivity index (χ1) is 10.7. The number of hydrogen-bond donors (Lipinski definition) is 2. The van der Waals surface area contributed by atoms with Crippen LogP contribution in [0.4, 0.5) is 0 Å². The van der Waals surface area contributed by atoms with E-state index in [4.69, 9.17) is 0 Å². The van der Waals surface area contributed by atoms with Gasteiger partial charge in [-0.3, -0.25) is 5.21 Å². The highest BCUT2D eigenvalue weighted by Gasteiger charge is 2.33. The van der Waals surface area contributed by atoms with Gasteiger partial charge in [0.2, 0.25) is 0 Å². The number of phenols is 1. The van der Waals surface area contributed by atoms with E-state index in [-0.39, 0.29) is 34.5 Å². The van der Waals surface area contributed by atoms with Gasteiger partial charge in [0.05, 0.1) is 4.91 Å². The predicted molar refractivity (Wildman–Crippen MR) is 95.5 cm³/mol. The molecule has 0 bridgehead atoms. The lowest BCUT2D eigenvalue weighted by atomic mass is 9.78. The van der Waals surface area contributed by atoms with Gasteiger partial charge in [-0.25, -0.2) is 8.42 Å². The highest BCUT2D eigenvalue weighted by molar-refractivity contribution is 7.93. The monoisotopic (exact) mass is 353 g/mol. The quantitative estimate of drug-likeness (QED) is 0.806. The second kappa shape index (κ2) is 5.86. The number of benzene rings is 1. The molecular weight excluding hydrogens is 326 g/mol. The Balaban J connectivity index is 2.69. The minimum Gasteiger partial charge on any atom is -0.507 e. The van der Waals surface area contributed by atoms with E-state index >= 15 is 0 Å². The molecule has 0 spiro atoms. The average molecular weight is 353 g/mol. The average Bonchev–Trinajstić information content (AvgIpc) is 2.64. The summed E-state index contributed by atoms with van der Waals surface area (Å²) in [7, 11) is -3.78. The molecule has 0 atom stereocenters. The minimum absolute atomic E-state index is 0.0739. The maximum Gasteiger partial charge on any atom is 0.261 e. The molecule has 1 heterocycles. The number of rotatable bonds is 1. The summed E-state index contributed by atoms with van der Waals surface area (Å²) in [4.78, 5) is 0.190. The van der Waals surface area contributed by atoms with Gasteiger partial charge in [-0.05, 0) is 34.6 Å². The van der Waals surface area contributed by atoms with Crippen molar-refractivity contribution in [3.05, 3.63) is 33.7 Å². The molecule has 5 nitrogen and oxygen atoms in total. The summed E-state index contributed by atoms with van der Waals surface area (Å²) in [6, 6.07) is 3.65. The van der Waals surface area contributed by atoms with Crippen LogP contribution < -0.4 is 0 Å². The molecule has 0 radical (unpaired) electrons. The number of phenolic OH excluding ortho intramolecular Hbond substituents is 1. The van der Waals surface area contributed by atoms with Gasteiger partial charge in [-0.15, -0.1) is 0 Å². The Morgan fingerprint density at radius 3 is 1.83 bits per heavy atom. The molecule has 0 unspecified atom stereocenters. The van der Waals surface area contributed by atoms with Crippen molar-refractivity contribution in [2.75, 3.05) is 6.54 Å². The normalized spacial score (nSPS) is 20.7. The molecule has 24 heavy (non-hydrogen) atoms. The van der Waals surface area contributed by atoms with Crippen molar-refractivity contribution in [1.29, 1.82) is 0 Å². The van der Waals surface area contributed by atoms with E-state index in [0.29, 0.717) is 4.47 Å². The SMILES string of the molecule is CC(C)(C)c1cc(/C=C2\CCN(O)S2(=O)=O)cc(C(C)(C)C)c1O. The Morgan fingerprint density at radius 2 is 1.50 bits per heavy atom. The molecular formula is C18H27NO4S. The van der Waals surface area contributed by atoms with Crippen molar-refractivity contribution >= 4 is 16.1 Å². The fraction of sp³-hybridized carbons (Fsp3) is 0.556. The number of hydrogen-bond acceptors (Lipinski definition) is 4. The summed E-state index contributed by atoms with van der Waals surface area (Å²) in [6.07, 6.45) is 1.87. The molecule has 1 aromatic rings. The lowest BCUT2D eigenvalue weighted by molar-refractivity contribution is 0.0133. The van der Waals surface area contributed by atoms with Gasteiger partial charge in [0.1, 0.15) is 5.75 Å². The third kappa shape index (κ3) is 3.50. The first kappa shape index (κ1) is 19.0. The van der Waals surface area contributed by atoms with Gasteiger partial charge in [-0.2, -0.15) is 0 Å². The van der Waals surface area contributed by atoms with Crippen molar-refractivity contribution in [1.82, 2.24) is 4.47 Å². The molecule has 2 N–H and O–H groups in total. The van der Waals surface area contributed by atoms with Crippen LogP contribution in [0.3, 0.4) is 0 Å². The van der Waals surface area contributed by atoms with Crippen molar-refractivity contribution in [3.8, 4) is 5.75 Å². The molecule has 1 aliphatic heterocycles. The summed E-state index contributed by atoms with van der Waals surface area (Å²) in [6.45, 7) is 12.1. The lowest BCUT2D eigenvalue weighted by Gasteiger charge is -2.28. The summed E-state index contributed by atoms with van der Waals surface area (Å²) < 4.78 is 24.6. The van der Waals surface area contributed by atoms with E-state index < -0.39 is 10.0 Å². The zero-order valence-electron chi connectivity index (χ0n) is 15.2. The first-order valence-electron chi connectivity index (χ1n) is 8.05. The molecule has 1 saturated heterocycles. The molecule has 0 aromatic heterocycles. The van der Waals surface area contributed by atoms with E-state index in [1.54, 1.807) is 6.08 Å². The van der Waals surface area contributed by atoms with Gasteiger partial charge in [0, 0.05) is 24.1 Å². The van der Waals surface area contributed by atoms with Crippen LogP contribution in [0.15, 0.2) is 17.0 Å². The lowest BCUT2D eigenvalue weighted by Crippen LogP contribution is -2.20. The van der Waals surface area contributed by atoms with Gasteiger partial charge < -0.3 is 5.11 Å². The molecule has 2 rings (SSSR count). The van der Waals surface area contributed by atoms with Crippen molar-refractivity contribution in [3.63, 3.8) is 0 Å². The van der Waals surface area contributed by atoms with Gasteiger partial charge in [0.15, 0.2) is 0 Å². The Bertz CT molecular complexity index is 745. The largest absolute Gasteiger partial charge is 0.507 e. The molecule has 6 heteroatoms. The molecule has 1 fully saturated rings. The van der Waals surface area contributed by atoms with Gasteiger partial charge in [0.25, 0.3) is 10.0 Å². The highest BCUT2D eigenvalue weighted by Crippen LogP contribution is 2.40. The van der Waals surface area contributed by atoms with Crippen LogP contribution >= 0.6 is 0 Å². The van der Waals surface area contributed by atoms with E-state index in [0.717, 1.165) is 16.7 Å². The standard InChI is InChI=1S/C18H27NO4S/c1-17(2,3)14-10-12(11-15(16(14)20)18(4,5)6)9-13-7-8-19(21)24(13,22)23/h9-11,20-21H,7-8H2,1-6H3/b13-9+. The first-order valence-corrected chi connectivity index (χ1v) is 9.49. The molecule has 0 amide bonds. The van der Waals surface area contributed by atoms with Crippen molar-refractivity contribution in [2.24, 2.45) is 0 Å². The van der Waals surface area contributed by atoms with Crippen LogP contribution in [-0.2, 0) is 20.9 Å². The number of sulfonamides is 1. The Morgan fingerprint density at radius 1 is 1.04 bits per heavy atom. The number of aromatic hydroxyl groups is 1. The maximum absolute atomic E-state index is 12.1. The Kier molecular flexibility index (Phi) is 4.63. The molecule has 0 saturated carbocycles. The summed E-state index contributed by atoms with van der Waals surface area (Å²) >= 11 is 0. The molecule has 0 aliphatic carbocycles. The third-order valence-corrected chi connectivity index (χ3v) is 5.96. The van der Waals surface area contributed by atoms with Crippen LogP contribution in [0, 0.1) is 0 Å². The highest BCUT2D eigenvalue weighted by atomic mass is 32.2. The minimum atomic E-state index is -3.78. The summed E-state index contributed by atoms with van der Waals surface area (Å²) in [5, 5.41) is 20.2.